The number of hydrogen-bond acceptors (Lipinski definition) is 6. The molecule has 3 aromatic carbocycles. The summed E-state index contributed by atoms with van der Waals surface area (Å²) in [7, 11) is -0.587. The van der Waals surface area contributed by atoms with Crippen molar-refractivity contribution in [2.24, 2.45) is 5.92 Å². The van der Waals surface area contributed by atoms with E-state index >= 15 is 0 Å². The molecule has 0 bridgehead atoms. The Kier molecular flexibility index (Phi) is 8.31. The van der Waals surface area contributed by atoms with Crippen LogP contribution in [0.5, 0.6) is 5.75 Å². The highest BCUT2D eigenvalue weighted by Crippen LogP contribution is 2.60. The maximum absolute atomic E-state index is 14.6. The van der Waals surface area contributed by atoms with E-state index in [1.54, 1.807) is 18.1 Å². The summed E-state index contributed by atoms with van der Waals surface area (Å²) in [6.07, 6.45) is -0.971. The van der Waals surface area contributed by atoms with Crippen LogP contribution in [0, 0.1) is 5.92 Å². The molecule has 0 aliphatic carbocycles. The lowest BCUT2D eigenvalue weighted by molar-refractivity contribution is -0.146. The number of amides is 2. The highest BCUT2D eigenvalue weighted by molar-refractivity contribution is 6.91. The first-order valence-electron chi connectivity index (χ1n) is 14.5. The number of methoxy groups -OCH3 is 1. The summed E-state index contributed by atoms with van der Waals surface area (Å²) in [6.45, 7) is 8.45. The highest BCUT2D eigenvalue weighted by atomic mass is 28.3. The largest absolute Gasteiger partial charge is 0.497 e. The van der Waals surface area contributed by atoms with Gasteiger partial charge in [0.2, 0.25) is 0 Å². The number of aliphatic hydroxyl groups is 2. The number of nitrogens with zero attached hydrogens (tertiary/aromatic N) is 1. The van der Waals surface area contributed by atoms with E-state index in [-0.39, 0.29) is 30.1 Å². The highest BCUT2D eigenvalue weighted by Gasteiger charge is 2.66. The third kappa shape index (κ3) is 5.04. The molecule has 8 nitrogen and oxygen atoms in total. The SMILES string of the molecule is COc1ccc([Si](C)(C)[C@@H]2[C@@H](CCO)O[C@]3(C(=O)N(Cc4cccc(NC(=O)[C@H](C)O)c4)c4ccccc43)[C@H]2C)cc1. The van der Waals surface area contributed by atoms with E-state index in [0.29, 0.717) is 18.7 Å². The van der Waals surface area contributed by atoms with Crippen LogP contribution in [0.25, 0.3) is 0 Å². The average Bonchev–Trinajstić information content (AvgIpc) is 3.40. The molecule has 9 heteroatoms. The molecule has 2 heterocycles. The van der Waals surface area contributed by atoms with Gasteiger partial charge in [-0.1, -0.05) is 67.7 Å². The Morgan fingerprint density at radius 3 is 2.50 bits per heavy atom. The molecule has 3 N–H and O–H groups in total. The summed E-state index contributed by atoms with van der Waals surface area (Å²) < 4.78 is 12.3. The lowest BCUT2D eigenvalue weighted by atomic mass is 9.82. The Balaban J connectivity index is 1.52. The molecule has 0 unspecified atom stereocenters. The zero-order chi connectivity index (χ0) is 30.2. The van der Waals surface area contributed by atoms with Crippen LogP contribution in [-0.4, -0.2) is 56.0 Å². The Bertz CT molecular complexity index is 1460. The standard InChI is InChI=1S/C33H40N2O6Si/c1-21-30(42(4,5)26-15-13-25(40-3)14-16-26)29(17-18-36)41-33(21)27-11-6-7-12-28(27)35(32(33)39)20-23-9-8-10-24(19-23)34-31(38)22(2)37/h6-16,19,21-22,29-30,36-37H,17-18,20H2,1-5H3,(H,34,38)/t21-,22-,29+,30-,33+/m0/s1. The van der Waals surface area contributed by atoms with Crippen molar-refractivity contribution >= 4 is 36.4 Å². The molecule has 5 atom stereocenters. The summed E-state index contributed by atoms with van der Waals surface area (Å²) in [5.74, 6) is 0.0481. The summed E-state index contributed by atoms with van der Waals surface area (Å²) in [4.78, 5) is 28.5. The molecular formula is C33H40N2O6Si. The number of ether oxygens (including phenoxy) is 2. The van der Waals surface area contributed by atoms with Gasteiger partial charge in [-0.25, -0.2) is 0 Å². The molecular weight excluding hydrogens is 548 g/mol. The molecule has 0 saturated carbocycles. The molecule has 5 rings (SSSR count). The summed E-state index contributed by atoms with van der Waals surface area (Å²) in [5, 5.41) is 23.6. The summed E-state index contributed by atoms with van der Waals surface area (Å²) >= 11 is 0. The van der Waals surface area contributed by atoms with E-state index in [9.17, 15) is 19.8 Å². The first-order valence-corrected chi connectivity index (χ1v) is 17.5. The Labute approximate surface area is 248 Å². The van der Waals surface area contributed by atoms with E-state index in [1.165, 1.54) is 12.1 Å². The van der Waals surface area contributed by atoms with Gasteiger partial charge in [-0.2, -0.15) is 0 Å². The van der Waals surface area contributed by atoms with Crippen LogP contribution in [0.3, 0.4) is 0 Å². The van der Waals surface area contributed by atoms with Gasteiger partial charge >= 0.3 is 0 Å². The molecule has 2 aliphatic rings. The number of anilines is 2. The maximum Gasteiger partial charge on any atom is 0.264 e. The fourth-order valence-electron chi connectivity index (χ4n) is 7.00. The molecule has 0 radical (unpaired) electrons. The van der Waals surface area contributed by atoms with Gasteiger partial charge in [0, 0.05) is 23.8 Å². The van der Waals surface area contributed by atoms with Crippen LogP contribution < -0.4 is 20.1 Å². The zero-order valence-corrected chi connectivity index (χ0v) is 25.8. The van der Waals surface area contributed by atoms with Crippen LogP contribution in [0.4, 0.5) is 11.4 Å². The van der Waals surface area contributed by atoms with Crippen molar-refractivity contribution in [1.29, 1.82) is 0 Å². The number of aliphatic hydroxyl groups excluding tert-OH is 2. The first kappa shape index (κ1) is 30.0. The maximum atomic E-state index is 14.6. The predicted molar refractivity (Wildman–Crippen MR) is 166 cm³/mol. The van der Waals surface area contributed by atoms with Crippen molar-refractivity contribution in [3.63, 3.8) is 0 Å². The van der Waals surface area contributed by atoms with E-state index < -0.39 is 25.7 Å². The van der Waals surface area contributed by atoms with Gasteiger partial charge in [0.15, 0.2) is 5.60 Å². The average molecular weight is 589 g/mol. The second-order valence-corrected chi connectivity index (χ2v) is 16.6. The Hall–Kier alpha value is -3.50. The first-order chi connectivity index (χ1) is 20.0. The quantitative estimate of drug-likeness (QED) is 0.324. The van der Waals surface area contributed by atoms with Gasteiger partial charge in [0.05, 0.1) is 33.5 Å². The third-order valence-electron chi connectivity index (χ3n) is 9.07. The number of rotatable bonds is 9. The van der Waals surface area contributed by atoms with E-state index in [4.69, 9.17) is 9.47 Å². The van der Waals surface area contributed by atoms with Crippen LogP contribution in [0.1, 0.15) is 31.4 Å². The fourth-order valence-corrected chi connectivity index (χ4v) is 11.1. The van der Waals surface area contributed by atoms with Crippen molar-refractivity contribution in [1.82, 2.24) is 0 Å². The molecule has 1 saturated heterocycles. The third-order valence-corrected chi connectivity index (χ3v) is 13.4. The van der Waals surface area contributed by atoms with Crippen molar-refractivity contribution in [3.05, 3.63) is 83.9 Å². The minimum atomic E-state index is -2.24. The molecule has 2 amide bonds. The predicted octanol–water partition coefficient (Wildman–Crippen LogP) is 4.16. The summed E-state index contributed by atoms with van der Waals surface area (Å²) in [6, 6.07) is 23.3. The van der Waals surface area contributed by atoms with Crippen molar-refractivity contribution in [2.75, 3.05) is 23.9 Å². The number of para-hydroxylation sites is 1. The van der Waals surface area contributed by atoms with Gasteiger partial charge in [0.25, 0.3) is 11.8 Å². The van der Waals surface area contributed by atoms with Crippen LogP contribution in [0.15, 0.2) is 72.8 Å². The van der Waals surface area contributed by atoms with Gasteiger partial charge < -0.3 is 29.9 Å². The van der Waals surface area contributed by atoms with Crippen molar-refractivity contribution < 1.29 is 29.3 Å². The normalized spacial score (nSPS) is 24.1. The number of carbonyl (C=O) groups is 2. The molecule has 1 fully saturated rings. The number of hydrogen-bond donors (Lipinski definition) is 3. The van der Waals surface area contributed by atoms with Crippen LogP contribution in [-0.2, 0) is 26.5 Å². The molecule has 0 aromatic heterocycles. The number of carbonyl (C=O) groups excluding carboxylic acids is 2. The minimum Gasteiger partial charge on any atom is -0.497 e. The van der Waals surface area contributed by atoms with Gasteiger partial charge in [-0.05, 0) is 54.8 Å². The number of benzene rings is 3. The van der Waals surface area contributed by atoms with E-state index in [0.717, 1.165) is 22.6 Å². The fraction of sp³-hybridized carbons (Fsp3) is 0.394. The van der Waals surface area contributed by atoms with Crippen molar-refractivity contribution in [3.8, 4) is 5.75 Å². The van der Waals surface area contributed by atoms with E-state index in [1.807, 2.05) is 54.6 Å². The molecule has 3 aromatic rings. The lowest BCUT2D eigenvalue weighted by Crippen LogP contribution is -2.51. The molecule has 2 aliphatic heterocycles. The van der Waals surface area contributed by atoms with Gasteiger partial charge in [0.1, 0.15) is 11.9 Å². The number of fused-ring (bicyclic) bond motifs is 2. The monoisotopic (exact) mass is 588 g/mol. The smallest absolute Gasteiger partial charge is 0.264 e. The second-order valence-electron chi connectivity index (χ2n) is 11.9. The molecule has 1 spiro atoms. The zero-order valence-electron chi connectivity index (χ0n) is 24.8. The van der Waals surface area contributed by atoms with Gasteiger partial charge in [-0.3, -0.25) is 9.59 Å². The Morgan fingerprint density at radius 2 is 1.83 bits per heavy atom. The Morgan fingerprint density at radius 1 is 1.12 bits per heavy atom. The molecule has 222 valence electrons. The van der Waals surface area contributed by atoms with Crippen molar-refractivity contribution in [2.45, 2.75) is 63.3 Å². The lowest BCUT2D eigenvalue weighted by Gasteiger charge is -2.37. The summed E-state index contributed by atoms with van der Waals surface area (Å²) in [5.41, 5.74) is 1.94. The van der Waals surface area contributed by atoms with Crippen LogP contribution in [0.2, 0.25) is 18.6 Å². The number of nitrogens with one attached hydrogen (secondary N) is 1. The minimum absolute atomic E-state index is 0.0262. The molecule has 42 heavy (non-hydrogen) atoms. The van der Waals surface area contributed by atoms with E-state index in [2.05, 4.69) is 37.5 Å². The van der Waals surface area contributed by atoms with Crippen LogP contribution >= 0.6 is 0 Å². The van der Waals surface area contributed by atoms with Gasteiger partial charge in [-0.15, -0.1) is 0 Å². The topological polar surface area (TPSA) is 108 Å². The second kappa shape index (κ2) is 11.6.